The zero-order valence-electron chi connectivity index (χ0n) is 12.3. The Morgan fingerprint density at radius 2 is 2.30 bits per heavy atom. The van der Waals surface area contributed by atoms with Crippen molar-refractivity contribution in [1.82, 2.24) is 9.88 Å². The van der Waals surface area contributed by atoms with Crippen LogP contribution in [0.15, 0.2) is 12.1 Å². The van der Waals surface area contributed by atoms with E-state index >= 15 is 0 Å². The van der Waals surface area contributed by atoms with E-state index in [1.54, 1.807) is 11.0 Å². The first kappa shape index (κ1) is 14.8. The van der Waals surface area contributed by atoms with Crippen LogP contribution < -0.4 is 5.73 Å². The molecule has 0 spiro atoms. The number of nitrogens with two attached hydrogens (primary N) is 1. The number of amides is 1. The van der Waals surface area contributed by atoms with E-state index < -0.39 is 0 Å². The van der Waals surface area contributed by atoms with E-state index in [-0.39, 0.29) is 12.0 Å². The number of nitrogens with zero attached hydrogens (tertiary/aromatic N) is 2. The molecular weight excluding hydrogens is 254 g/mol. The van der Waals surface area contributed by atoms with Gasteiger partial charge in [0.1, 0.15) is 5.82 Å². The van der Waals surface area contributed by atoms with Gasteiger partial charge in [-0.25, -0.2) is 4.98 Å². The Morgan fingerprint density at radius 3 is 2.95 bits per heavy atom. The molecular formula is C15H23N3O2. The second-order valence-electron chi connectivity index (χ2n) is 5.30. The Morgan fingerprint density at radius 1 is 1.50 bits per heavy atom. The fourth-order valence-corrected chi connectivity index (χ4v) is 2.48. The van der Waals surface area contributed by atoms with Crippen molar-refractivity contribution in [3.63, 3.8) is 0 Å². The largest absolute Gasteiger partial charge is 0.384 e. The number of pyridine rings is 1. The number of nitrogen functional groups attached to an aromatic ring is 1. The van der Waals surface area contributed by atoms with E-state index in [0.717, 1.165) is 31.6 Å². The summed E-state index contributed by atoms with van der Waals surface area (Å²) in [4.78, 5) is 18.3. The molecule has 1 aromatic heterocycles. The van der Waals surface area contributed by atoms with E-state index in [0.29, 0.717) is 17.9 Å². The lowest BCUT2D eigenvalue weighted by Gasteiger charge is -2.27. The molecule has 2 N–H and O–H groups in total. The van der Waals surface area contributed by atoms with E-state index in [9.17, 15) is 4.79 Å². The molecule has 0 aromatic carbocycles. The molecule has 5 heteroatoms. The summed E-state index contributed by atoms with van der Waals surface area (Å²) in [6.45, 7) is 3.42. The zero-order chi connectivity index (χ0) is 14.5. The van der Waals surface area contributed by atoms with Crippen LogP contribution in [0.4, 0.5) is 5.82 Å². The van der Waals surface area contributed by atoms with Crippen molar-refractivity contribution in [1.29, 1.82) is 0 Å². The van der Waals surface area contributed by atoms with Gasteiger partial charge in [-0.05, 0) is 37.8 Å². The summed E-state index contributed by atoms with van der Waals surface area (Å²) >= 11 is 0. The van der Waals surface area contributed by atoms with Gasteiger partial charge in [0.05, 0.1) is 6.10 Å². The first-order chi connectivity index (χ1) is 9.60. The number of hydrogen-bond donors (Lipinski definition) is 1. The van der Waals surface area contributed by atoms with Crippen LogP contribution in [0.3, 0.4) is 0 Å². The maximum absolute atomic E-state index is 12.4. The predicted octanol–water partition coefficient (Wildman–Crippen LogP) is 1.87. The minimum absolute atomic E-state index is 0.0250. The lowest BCUT2D eigenvalue weighted by molar-refractivity contribution is -0.000188. The minimum Gasteiger partial charge on any atom is -0.384 e. The molecule has 1 saturated heterocycles. The topological polar surface area (TPSA) is 68.5 Å². The number of anilines is 1. The highest BCUT2D eigenvalue weighted by Gasteiger charge is 2.20. The third kappa shape index (κ3) is 3.70. The molecule has 0 saturated carbocycles. The van der Waals surface area contributed by atoms with Crippen LogP contribution in [0.1, 0.15) is 42.2 Å². The first-order valence-corrected chi connectivity index (χ1v) is 7.23. The number of carbonyl (C=O) groups excluding carboxylic acids is 1. The van der Waals surface area contributed by atoms with Gasteiger partial charge in [-0.3, -0.25) is 4.79 Å². The summed E-state index contributed by atoms with van der Waals surface area (Å²) in [7, 11) is 1.81. The van der Waals surface area contributed by atoms with E-state index in [2.05, 4.69) is 4.98 Å². The molecule has 2 rings (SSSR count). The summed E-state index contributed by atoms with van der Waals surface area (Å²) in [6, 6.07) is 3.46. The Labute approximate surface area is 120 Å². The Balaban J connectivity index is 2.03. The Kier molecular flexibility index (Phi) is 4.95. The molecule has 2 heterocycles. The van der Waals surface area contributed by atoms with Crippen molar-refractivity contribution in [3.8, 4) is 0 Å². The third-order valence-electron chi connectivity index (χ3n) is 3.61. The highest BCUT2D eigenvalue weighted by atomic mass is 16.5. The summed E-state index contributed by atoms with van der Waals surface area (Å²) < 4.78 is 5.67. The van der Waals surface area contributed by atoms with Crippen molar-refractivity contribution in [2.45, 2.75) is 38.7 Å². The molecule has 110 valence electrons. The smallest absolute Gasteiger partial charge is 0.253 e. The van der Waals surface area contributed by atoms with Gasteiger partial charge in [-0.1, -0.05) is 6.92 Å². The number of carbonyl (C=O) groups is 1. The second-order valence-corrected chi connectivity index (χ2v) is 5.30. The molecule has 0 aliphatic carbocycles. The number of likely N-dealkylation sites (N-methyl/N-ethyl adjacent to an activating group) is 1. The molecule has 5 nitrogen and oxygen atoms in total. The first-order valence-electron chi connectivity index (χ1n) is 7.23. The van der Waals surface area contributed by atoms with Crippen LogP contribution >= 0.6 is 0 Å². The Hall–Kier alpha value is -1.62. The van der Waals surface area contributed by atoms with Crippen LogP contribution in [0.5, 0.6) is 0 Å². The van der Waals surface area contributed by atoms with Crippen molar-refractivity contribution in [3.05, 3.63) is 23.4 Å². The van der Waals surface area contributed by atoms with Crippen molar-refractivity contribution in [2.24, 2.45) is 0 Å². The maximum Gasteiger partial charge on any atom is 0.253 e. The van der Waals surface area contributed by atoms with Gasteiger partial charge in [0.15, 0.2) is 0 Å². The van der Waals surface area contributed by atoms with E-state index in [1.807, 2.05) is 20.0 Å². The second kappa shape index (κ2) is 6.70. The van der Waals surface area contributed by atoms with Crippen LogP contribution in [0.2, 0.25) is 0 Å². The number of ether oxygens (including phenoxy) is 1. The Bertz CT molecular complexity index is 470. The minimum atomic E-state index is -0.0250. The van der Waals surface area contributed by atoms with Crippen LogP contribution in [-0.2, 0) is 11.2 Å². The molecule has 1 aliphatic rings. The van der Waals surface area contributed by atoms with E-state index in [1.165, 1.54) is 6.42 Å². The molecule has 20 heavy (non-hydrogen) atoms. The SMILES string of the molecule is CCc1cc(C(=O)N(C)CC2CCCCO2)cc(N)n1. The monoisotopic (exact) mass is 277 g/mol. The van der Waals surface area contributed by atoms with Gasteiger partial charge in [0, 0.05) is 31.5 Å². The standard InChI is InChI=1S/C15H23N3O2/c1-3-12-8-11(9-14(16)17-12)15(19)18(2)10-13-6-4-5-7-20-13/h8-9,13H,3-7,10H2,1-2H3,(H2,16,17). The van der Waals surface area contributed by atoms with Gasteiger partial charge in [0.2, 0.25) is 0 Å². The van der Waals surface area contributed by atoms with Gasteiger partial charge in [-0.15, -0.1) is 0 Å². The van der Waals surface area contributed by atoms with Gasteiger partial charge >= 0.3 is 0 Å². The highest BCUT2D eigenvalue weighted by molar-refractivity contribution is 5.94. The van der Waals surface area contributed by atoms with E-state index in [4.69, 9.17) is 10.5 Å². The van der Waals surface area contributed by atoms with Gasteiger partial charge < -0.3 is 15.4 Å². The molecule has 1 atom stereocenters. The summed E-state index contributed by atoms with van der Waals surface area (Å²) in [5, 5.41) is 0. The summed E-state index contributed by atoms with van der Waals surface area (Å²) in [5.41, 5.74) is 7.20. The number of rotatable bonds is 4. The molecule has 0 radical (unpaired) electrons. The van der Waals surface area contributed by atoms with Gasteiger partial charge in [0.25, 0.3) is 5.91 Å². The van der Waals surface area contributed by atoms with Gasteiger partial charge in [-0.2, -0.15) is 0 Å². The number of hydrogen-bond acceptors (Lipinski definition) is 4. The number of aromatic nitrogens is 1. The average Bonchev–Trinajstić information content (AvgIpc) is 2.46. The molecule has 1 unspecified atom stereocenters. The third-order valence-corrected chi connectivity index (χ3v) is 3.61. The van der Waals surface area contributed by atoms with Crippen LogP contribution in [0, 0.1) is 0 Å². The molecule has 1 aromatic rings. The highest BCUT2D eigenvalue weighted by Crippen LogP contribution is 2.15. The lowest BCUT2D eigenvalue weighted by Crippen LogP contribution is -2.37. The normalized spacial score (nSPS) is 18.8. The summed E-state index contributed by atoms with van der Waals surface area (Å²) in [6.07, 6.45) is 4.24. The van der Waals surface area contributed by atoms with Crippen LogP contribution in [0.25, 0.3) is 0 Å². The number of aryl methyl sites for hydroxylation is 1. The predicted molar refractivity (Wildman–Crippen MR) is 78.6 cm³/mol. The van der Waals surface area contributed by atoms with Crippen LogP contribution in [-0.4, -0.2) is 42.1 Å². The average molecular weight is 277 g/mol. The van der Waals surface area contributed by atoms with Crippen molar-refractivity contribution >= 4 is 11.7 Å². The quantitative estimate of drug-likeness (QED) is 0.912. The van der Waals surface area contributed by atoms with Crippen molar-refractivity contribution < 1.29 is 9.53 Å². The molecule has 1 aliphatic heterocycles. The van der Waals surface area contributed by atoms with Crippen molar-refractivity contribution in [2.75, 3.05) is 25.9 Å². The maximum atomic E-state index is 12.4. The molecule has 1 amide bonds. The zero-order valence-corrected chi connectivity index (χ0v) is 12.3. The molecule has 1 fully saturated rings. The molecule has 0 bridgehead atoms. The lowest BCUT2D eigenvalue weighted by atomic mass is 10.1. The fourth-order valence-electron chi connectivity index (χ4n) is 2.48. The fraction of sp³-hybridized carbons (Fsp3) is 0.600. The summed E-state index contributed by atoms with van der Waals surface area (Å²) in [5.74, 6) is 0.373.